The summed E-state index contributed by atoms with van der Waals surface area (Å²) in [7, 11) is -1.77. The molecule has 0 aliphatic rings. The second-order valence-corrected chi connectivity index (χ2v) is 6.95. The maximum absolute atomic E-state index is 11.5. The lowest BCUT2D eigenvalue weighted by molar-refractivity contribution is 0.0652. The van der Waals surface area contributed by atoms with Crippen LogP contribution < -0.4 is 10.4 Å². The first-order valence-corrected chi connectivity index (χ1v) is 8.32. The highest BCUT2D eigenvalue weighted by Gasteiger charge is 2.24. The Bertz CT molecular complexity index is 830. The summed E-state index contributed by atoms with van der Waals surface area (Å²) in [6, 6.07) is 7.88. The van der Waals surface area contributed by atoms with E-state index in [0.29, 0.717) is 0 Å². The molecule has 8 nitrogen and oxygen atoms in total. The van der Waals surface area contributed by atoms with Crippen molar-refractivity contribution in [3.05, 3.63) is 58.7 Å². The van der Waals surface area contributed by atoms with Gasteiger partial charge in [0.25, 0.3) is 0 Å². The van der Waals surface area contributed by atoms with Crippen LogP contribution in [0.4, 0.5) is 0 Å². The van der Waals surface area contributed by atoms with E-state index < -0.39 is 55.7 Å². The number of rotatable bonds is 6. The van der Waals surface area contributed by atoms with Crippen molar-refractivity contribution in [3.63, 3.8) is 0 Å². The lowest BCUT2D eigenvalue weighted by Gasteiger charge is -2.12. The van der Waals surface area contributed by atoms with E-state index in [4.69, 9.17) is 10.2 Å². The zero-order chi connectivity index (χ0) is 18.7. The molecule has 9 heteroatoms. The molecule has 0 atom stereocenters. The normalized spacial score (nSPS) is 10.2. The lowest BCUT2D eigenvalue weighted by atomic mass is 10.1. The number of carboxylic acid groups (broad SMARTS) is 4. The molecule has 2 aromatic carbocycles. The molecule has 0 unspecified atom stereocenters. The van der Waals surface area contributed by atoms with Crippen molar-refractivity contribution >= 4 is 43.8 Å². The Morgan fingerprint density at radius 1 is 0.600 bits per heavy atom. The summed E-state index contributed by atoms with van der Waals surface area (Å²) >= 11 is 0. The Kier molecular flexibility index (Phi) is 4.99. The predicted molar refractivity (Wildman–Crippen MR) is 88.5 cm³/mol. The molecule has 0 heterocycles. The van der Waals surface area contributed by atoms with Crippen molar-refractivity contribution in [2.24, 2.45) is 0 Å². The van der Waals surface area contributed by atoms with Gasteiger partial charge in [0.1, 0.15) is 0 Å². The highest BCUT2D eigenvalue weighted by Crippen LogP contribution is 2.09. The van der Waals surface area contributed by atoms with Crippen molar-refractivity contribution in [1.82, 2.24) is 0 Å². The molecule has 0 aromatic heterocycles. The molecule has 0 spiro atoms. The standard InChI is InChI=1S/C16H12O8Si/c17-13(18)7-3-1-5-9(11(7)15(21)22)25-10-6-2-4-8(14(19)20)12(10)16(23)24/h1-6H,25H2,(H,17,18)(H,19,20)(H,21,22)(H,23,24). The number of hydrogen-bond acceptors (Lipinski definition) is 4. The first-order chi connectivity index (χ1) is 11.7. The highest BCUT2D eigenvalue weighted by atomic mass is 28.2. The molecule has 4 N–H and O–H groups in total. The first kappa shape index (κ1) is 17.9. The Hall–Kier alpha value is -3.46. The van der Waals surface area contributed by atoms with Crippen LogP contribution in [0, 0.1) is 0 Å². The van der Waals surface area contributed by atoms with E-state index in [-0.39, 0.29) is 10.4 Å². The molecule has 0 saturated carbocycles. The SMILES string of the molecule is O=C(O)c1cccc([SiH2]c2cccc(C(=O)O)c2C(=O)O)c1C(=O)O. The number of aromatic carboxylic acids is 4. The summed E-state index contributed by atoms with van der Waals surface area (Å²) < 4.78 is 0. The second kappa shape index (κ2) is 6.97. The van der Waals surface area contributed by atoms with Gasteiger partial charge in [-0.15, -0.1) is 0 Å². The molecular formula is C16H12O8Si. The van der Waals surface area contributed by atoms with Gasteiger partial charge in [-0.05, 0) is 22.5 Å². The third-order valence-corrected chi connectivity index (χ3v) is 5.51. The first-order valence-electron chi connectivity index (χ1n) is 6.91. The molecule has 0 fully saturated rings. The topological polar surface area (TPSA) is 149 Å². The zero-order valence-corrected chi connectivity index (χ0v) is 14.0. The molecule has 0 bridgehead atoms. The van der Waals surface area contributed by atoms with Crippen LogP contribution in [0.15, 0.2) is 36.4 Å². The van der Waals surface area contributed by atoms with Crippen LogP contribution >= 0.6 is 0 Å². The van der Waals surface area contributed by atoms with Gasteiger partial charge >= 0.3 is 23.9 Å². The highest BCUT2D eigenvalue weighted by molar-refractivity contribution is 6.70. The maximum Gasteiger partial charge on any atom is 0.336 e. The Morgan fingerprint density at radius 3 is 1.24 bits per heavy atom. The minimum atomic E-state index is -1.77. The maximum atomic E-state index is 11.5. The van der Waals surface area contributed by atoms with E-state index in [9.17, 15) is 29.4 Å². The van der Waals surface area contributed by atoms with E-state index in [1.807, 2.05) is 0 Å². The molecule has 2 aromatic rings. The fraction of sp³-hybridized carbons (Fsp3) is 0. The zero-order valence-electron chi connectivity index (χ0n) is 12.6. The monoisotopic (exact) mass is 360 g/mol. The van der Waals surface area contributed by atoms with Gasteiger partial charge in [-0.3, -0.25) is 0 Å². The van der Waals surface area contributed by atoms with Gasteiger partial charge in [-0.1, -0.05) is 24.3 Å². The van der Waals surface area contributed by atoms with Gasteiger partial charge in [0, 0.05) is 0 Å². The molecule has 25 heavy (non-hydrogen) atoms. The molecule has 0 aliphatic carbocycles. The van der Waals surface area contributed by atoms with Crippen molar-refractivity contribution < 1.29 is 39.6 Å². The Labute approximate surface area is 142 Å². The van der Waals surface area contributed by atoms with Crippen molar-refractivity contribution in [2.45, 2.75) is 0 Å². The van der Waals surface area contributed by atoms with E-state index >= 15 is 0 Å². The number of carbonyl (C=O) groups is 4. The molecule has 0 saturated heterocycles. The molecule has 0 aliphatic heterocycles. The summed E-state index contributed by atoms with van der Waals surface area (Å²) in [5, 5.41) is 37.4. The van der Waals surface area contributed by atoms with Crippen LogP contribution in [-0.4, -0.2) is 53.8 Å². The van der Waals surface area contributed by atoms with Gasteiger partial charge in [-0.2, -0.15) is 0 Å². The molecule has 0 amide bonds. The largest absolute Gasteiger partial charge is 0.478 e. The van der Waals surface area contributed by atoms with Gasteiger partial charge in [0.15, 0.2) is 0 Å². The minimum absolute atomic E-state index is 0.206. The summed E-state index contributed by atoms with van der Waals surface area (Å²) in [6.45, 7) is 0. The fourth-order valence-corrected chi connectivity index (χ4v) is 4.52. The van der Waals surface area contributed by atoms with Crippen LogP contribution in [0.25, 0.3) is 0 Å². The average Bonchev–Trinajstić information content (AvgIpc) is 2.53. The van der Waals surface area contributed by atoms with Gasteiger partial charge in [0.2, 0.25) is 0 Å². The number of hydrogen-bond donors (Lipinski definition) is 4. The fourth-order valence-electron chi connectivity index (χ4n) is 2.56. The van der Waals surface area contributed by atoms with E-state index in [2.05, 4.69) is 0 Å². The lowest BCUT2D eigenvalue weighted by Crippen LogP contribution is -2.37. The third kappa shape index (κ3) is 3.56. The van der Waals surface area contributed by atoms with Crippen LogP contribution in [0.3, 0.4) is 0 Å². The Balaban J connectivity index is 2.66. The van der Waals surface area contributed by atoms with Crippen LogP contribution in [0.2, 0.25) is 0 Å². The Morgan fingerprint density at radius 2 is 0.960 bits per heavy atom. The molecule has 2 rings (SSSR count). The molecule has 0 radical (unpaired) electrons. The van der Waals surface area contributed by atoms with Crippen molar-refractivity contribution in [2.75, 3.05) is 0 Å². The summed E-state index contributed by atoms with van der Waals surface area (Å²) in [5.74, 6) is -5.70. The smallest absolute Gasteiger partial charge is 0.336 e. The minimum Gasteiger partial charge on any atom is -0.478 e. The van der Waals surface area contributed by atoms with E-state index in [1.165, 1.54) is 24.3 Å². The van der Waals surface area contributed by atoms with Crippen molar-refractivity contribution in [3.8, 4) is 0 Å². The van der Waals surface area contributed by atoms with Gasteiger partial charge in [-0.25, -0.2) is 19.2 Å². The van der Waals surface area contributed by atoms with Crippen molar-refractivity contribution in [1.29, 1.82) is 0 Å². The molecular weight excluding hydrogens is 348 g/mol. The summed E-state index contributed by atoms with van der Waals surface area (Å²) in [5.41, 5.74) is -1.61. The quantitative estimate of drug-likeness (QED) is 0.508. The second-order valence-electron chi connectivity index (χ2n) is 5.08. The average molecular weight is 360 g/mol. The van der Waals surface area contributed by atoms with E-state index in [1.54, 1.807) is 0 Å². The number of carboxylic acids is 4. The van der Waals surface area contributed by atoms with Gasteiger partial charge < -0.3 is 20.4 Å². The predicted octanol–water partition coefficient (Wildman–Crippen LogP) is -0.401. The van der Waals surface area contributed by atoms with Gasteiger partial charge in [0.05, 0.1) is 31.8 Å². The van der Waals surface area contributed by atoms with Crippen LogP contribution in [0.1, 0.15) is 41.4 Å². The number of benzene rings is 2. The third-order valence-electron chi connectivity index (χ3n) is 3.57. The molecule has 128 valence electrons. The summed E-state index contributed by atoms with van der Waals surface area (Å²) in [6.07, 6.45) is 0. The summed E-state index contributed by atoms with van der Waals surface area (Å²) in [4.78, 5) is 45.4. The van der Waals surface area contributed by atoms with Crippen LogP contribution in [-0.2, 0) is 0 Å². The van der Waals surface area contributed by atoms with Crippen LogP contribution in [0.5, 0.6) is 0 Å². The van der Waals surface area contributed by atoms with E-state index in [0.717, 1.165) is 12.1 Å².